The second-order valence-corrected chi connectivity index (χ2v) is 5.11. The predicted octanol–water partition coefficient (Wildman–Crippen LogP) is 3.47. The first-order chi connectivity index (χ1) is 6.58. The van der Waals surface area contributed by atoms with Crippen molar-refractivity contribution < 1.29 is 9.13 Å². The smallest absolute Gasteiger partial charge is 0.169 e. The number of para-hydroxylation sites is 1. The highest BCUT2D eigenvalue weighted by Gasteiger charge is 2.16. The minimum Gasteiger partial charge on any atom is -0.490 e. The van der Waals surface area contributed by atoms with Crippen molar-refractivity contribution in [3.63, 3.8) is 0 Å². The Labute approximate surface area is 89.8 Å². The second-order valence-electron chi connectivity index (χ2n) is 2.53. The van der Waals surface area contributed by atoms with E-state index >= 15 is 0 Å². The predicted molar refractivity (Wildman–Crippen MR) is 66.5 cm³/mol. The van der Waals surface area contributed by atoms with Crippen LogP contribution in [-0.2, 0) is 0 Å². The van der Waals surface area contributed by atoms with Gasteiger partial charge in [0.25, 0.3) is 0 Å². The fourth-order valence-electron chi connectivity index (χ4n) is 0.711. The molecule has 0 bridgehead atoms. The first-order valence-corrected chi connectivity index (χ1v) is 5.68. The van der Waals surface area contributed by atoms with Gasteiger partial charge in [0.15, 0.2) is 5.15 Å². The van der Waals surface area contributed by atoms with Gasteiger partial charge in [0.1, 0.15) is 12.4 Å². The Morgan fingerprint density at radius 3 is 2.14 bits per heavy atom. The maximum atomic E-state index is 12.9. The molecular weight excluding hydrogens is 217 g/mol. The summed E-state index contributed by atoms with van der Waals surface area (Å²) < 4.78 is 18.0. The van der Waals surface area contributed by atoms with E-state index in [1.807, 2.05) is 32.0 Å². The van der Waals surface area contributed by atoms with Gasteiger partial charge in [-0.15, -0.1) is 0 Å². The van der Waals surface area contributed by atoms with Gasteiger partial charge in [-0.1, -0.05) is 50.5 Å². The molecule has 0 radical (unpaired) electrons. The highest BCUT2D eigenvalue weighted by atomic mass is 31.1. The van der Waals surface area contributed by atoms with Crippen molar-refractivity contribution in [2.45, 2.75) is 19.0 Å². The molecule has 80 valence electrons. The van der Waals surface area contributed by atoms with Crippen molar-refractivity contribution in [2.75, 3.05) is 6.61 Å². The maximum absolute atomic E-state index is 12.9. The molecule has 2 atom stereocenters. The summed E-state index contributed by atoms with van der Waals surface area (Å²) in [4.78, 5) is 0. The van der Waals surface area contributed by atoms with Crippen LogP contribution < -0.4 is 4.74 Å². The molecule has 0 aliphatic carbocycles. The van der Waals surface area contributed by atoms with E-state index in [0.717, 1.165) is 0 Å². The number of ether oxygens (including phenoxy) is 1. The molecule has 0 amide bonds. The quantitative estimate of drug-likeness (QED) is 0.727. The Hall–Kier alpha value is -0.190. The van der Waals surface area contributed by atoms with Crippen LogP contribution in [0, 0.1) is 0 Å². The molecule has 0 aromatic heterocycles. The van der Waals surface area contributed by atoms with Gasteiger partial charge in [0, 0.05) is 0 Å². The molecule has 1 aromatic rings. The largest absolute Gasteiger partial charge is 0.490 e. The number of halogens is 1. The molecule has 0 fully saturated rings. The standard InChI is InChI=1S/C8H11FOP2.C2H6/c9-8(11,12)6-10-7-4-2-1-3-5-7;1-2/h1-5H,6,11-12H2;1-2H3. The molecule has 1 aromatic carbocycles. The highest BCUT2D eigenvalue weighted by molar-refractivity contribution is 7.39. The van der Waals surface area contributed by atoms with E-state index in [1.54, 1.807) is 12.1 Å². The van der Waals surface area contributed by atoms with Crippen LogP contribution in [0.1, 0.15) is 13.8 Å². The summed E-state index contributed by atoms with van der Waals surface area (Å²) in [6.45, 7) is 4.02. The molecular formula is C10H17FOP2. The number of hydrogen-bond donors (Lipinski definition) is 0. The normalized spacial score (nSPS) is 10.1. The third kappa shape index (κ3) is 7.24. The fraction of sp³-hybridized carbons (Fsp3) is 0.400. The zero-order valence-electron chi connectivity index (χ0n) is 8.53. The minimum atomic E-state index is -1.43. The van der Waals surface area contributed by atoms with Gasteiger partial charge < -0.3 is 4.74 Å². The lowest BCUT2D eigenvalue weighted by atomic mass is 10.3. The lowest BCUT2D eigenvalue weighted by molar-refractivity contribution is 0.232. The second kappa shape index (κ2) is 7.15. The zero-order chi connectivity index (χ0) is 11.0. The van der Waals surface area contributed by atoms with Gasteiger partial charge in [0.05, 0.1) is 0 Å². The van der Waals surface area contributed by atoms with Gasteiger partial charge >= 0.3 is 0 Å². The molecule has 1 rings (SSSR count). The SMILES string of the molecule is CC.FC(P)(P)COc1ccccc1. The number of benzene rings is 1. The van der Waals surface area contributed by atoms with E-state index in [0.29, 0.717) is 5.75 Å². The Kier molecular flexibility index (Phi) is 7.05. The van der Waals surface area contributed by atoms with Crippen LogP contribution in [0.4, 0.5) is 4.39 Å². The molecule has 0 spiro atoms. The molecule has 0 N–H and O–H groups in total. The van der Waals surface area contributed by atoms with E-state index in [4.69, 9.17) is 4.74 Å². The third-order valence-electron chi connectivity index (χ3n) is 1.20. The van der Waals surface area contributed by atoms with Crippen LogP contribution in [0.2, 0.25) is 0 Å². The van der Waals surface area contributed by atoms with Crippen LogP contribution in [0.3, 0.4) is 0 Å². The number of hydrogen-bond acceptors (Lipinski definition) is 1. The Balaban J connectivity index is 0.000000791. The van der Waals surface area contributed by atoms with Crippen LogP contribution >= 0.6 is 18.5 Å². The van der Waals surface area contributed by atoms with Crippen molar-refractivity contribution in [1.82, 2.24) is 0 Å². The van der Waals surface area contributed by atoms with Crippen LogP contribution in [-0.4, -0.2) is 11.8 Å². The number of rotatable bonds is 3. The van der Waals surface area contributed by atoms with Crippen molar-refractivity contribution >= 4 is 18.5 Å². The summed E-state index contributed by atoms with van der Waals surface area (Å²) in [6, 6.07) is 9.17. The minimum absolute atomic E-state index is 0.0202. The molecule has 14 heavy (non-hydrogen) atoms. The van der Waals surface area contributed by atoms with E-state index in [-0.39, 0.29) is 6.61 Å². The van der Waals surface area contributed by atoms with E-state index in [9.17, 15) is 4.39 Å². The van der Waals surface area contributed by atoms with Crippen LogP contribution in [0.15, 0.2) is 30.3 Å². The number of alkyl halides is 1. The lowest BCUT2D eigenvalue weighted by Gasteiger charge is -2.14. The summed E-state index contributed by atoms with van der Waals surface area (Å²) in [5, 5.41) is -1.43. The van der Waals surface area contributed by atoms with Crippen molar-refractivity contribution in [3.8, 4) is 5.75 Å². The van der Waals surface area contributed by atoms with E-state index < -0.39 is 5.15 Å². The van der Waals surface area contributed by atoms with Crippen molar-refractivity contribution in [3.05, 3.63) is 30.3 Å². The molecule has 2 unspecified atom stereocenters. The first-order valence-electron chi connectivity index (χ1n) is 4.52. The monoisotopic (exact) mass is 234 g/mol. The maximum Gasteiger partial charge on any atom is 0.169 e. The van der Waals surface area contributed by atoms with Crippen molar-refractivity contribution in [1.29, 1.82) is 0 Å². The molecule has 0 saturated carbocycles. The lowest BCUT2D eigenvalue weighted by Crippen LogP contribution is -2.15. The Bertz CT molecular complexity index is 234. The molecule has 0 saturated heterocycles. The average Bonchev–Trinajstić information content (AvgIpc) is 2.19. The average molecular weight is 234 g/mol. The Morgan fingerprint density at radius 2 is 1.71 bits per heavy atom. The zero-order valence-corrected chi connectivity index (χ0v) is 10.8. The van der Waals surface area contributed by atoms with Gasteiger partial charge in [0.2, 0.25) is 0 Å². The summed E-state index contributed by atoms with van der Waals surface area (Å²) >= 11 is 0. The molecule has 0 heterocycles. The van der Waals surface area contributed by atoms with Gasteiger partial charge in [-0.25, -0.2) is 4.39 Å². The highest BCUT2D eigenvalue weighted by Crippen LogP contribution is 2.28. The van der Waals surface area contributed by atoms with Crippen LogP contribution in [0.25, 0.3) is 0 Å². The third-order valence-corrected chi connectivity index (χ3v) is 1.54. The molecule has 0 aliphatic rings. The summed E-state index contributed by atoms with van der Waals surface area (Å²) in [6.07, 6.45) is 0. The summed E-state index contributed by atoms with van der Waals surface area (Å²) in [7, 11) is 4.12. The van der Waals surface area contributed by atoms with Gasteiger partial charge in [-0.3, -0.25) is 0 Å². The first kappa shape index (κ1) is 13.8. The summed E-state index contributed by atoms with van der Waals surface area (Å²) in [5.41, 5.74) is 0. The van der Waals surface area contributed by atoms with Gasteiger partial charge in [-0.05, 0) is 12.1 Å². The van der Waals surface area contributed by atoms with Crippen LogP contribution in [0.5, 0.6) is 5.75 Å². The fourth-order valence-corrected chi connectivity index (χ4v) is 0.877. The summed E-state index contributed by atoms with van der Waals surface area (Å²) in [5.74, 6) is 0.685. The van der Waals surface area contributed by atoms with E-state index in [1.165, 1.54) is 0 Å². The van der Waals surface area contributed by atoms with Gasteiger partial charge in [-0.2, -0.15) is 0 Å². The molecule has 0 aliphatic heterocycles. The molecule has 1 nitrogen and oxygen atoms in total. The topological polar surface area (TPSA) is 9.23 Å². The molecule has 4 heteroatoms. The van der Waals surface area contributed by atoms with E-state index in [2.05, 4.69) is 18.5 Å². The van der Waals surface area contributed by atoms with Crippen molar-refractivity contribution in [2.24, 2.45) is 0 Å². The Morgan fingerprint density at radius 1 is 1.21 bits per heavy atom.